The summed E-state index contributed by atoms with van der Waals surface area (Å²) in [6.07, 6.45) is 0.405. The first-order valence-electron chi connectivity index (χ1n) is 6.62. The smallest absolute Gasteiger partial charge is 0.322 e. The van der Waals surface area contributed by atoms with Crippen molar-refractivity contribution in [3.8, 4) is 6.01 Å². The average molecular weight is 316 g/mol. The van der Waals surface area contributed by atoms with E-state index in [0.717, 1.165) is 26.2 Å². The first-order valence-corrected chi connectivity index (χ1v) is 7.00. The summed E-state index contributed by atoms with van der Waals surface area (Å²) in [5.41, 5.74) is 0. The molecule has 116 valence electrons. The highest BCUT2D eigenvalue weighted by Crippen LogP contribution is 2.16. The van der Waals surface area contributed by atoms with Crippen LogP contribution in [0.3, 0.4) is 0 Å². The molecule has 0 aromatic carbocycles. The molecule has 0 unspecified atom stereocenters. The Labute approximate surface area is 128 Å². The van der Waals surface area contributed by atoms with Gasteiger partial charge in [-0.2, -0.15) is 15.0 Å². The number of aromatic nitrogens is 3. The number of anilines is 1. The average Bonchev–Trinajstić information content (AvgIpc) is 2.52. The predicted octanol–water partition coefficient (Wildman–Crippen LogP) is 0.219. The van der Waals surface area contributed by atoms with E-state index in [4.69, 9.17) is 16.3 Å². The van der Waals surface area contributed by atoms with Gasteiger partial charge in [0.25, 0.3) is 0 Å². The van der Waals surface area contributed by atoms with Gasteiger partial charge < -0.3 is 14.4 Å². The standard InChI is InChI=1S/C12H18ClN5O3/c1-20-9(19)3-4-17-5-7-18(8-6-17)11-14-10(13)15-12(16-11)21-2/h3-8H2,1-2H3. The Balaban J connectivity index is 1.89. The molecule has 1 saturated heterocycles. The Kier molecular flexibility index (Phi) is 5.51. The van der Waals surface area contributed by atoms with Gasteiger partial charge in [0, 0.05) is 32.7 Å². The third-order valence-corrected chi connectivity index (χ3v) is 3.44. The van der Waals surface area contributed by atoms with Gasteiger partial charge >= 0.3 is 12.0 Å². The zero-order chi connectivity index (χ0) is 15.2. The Hall–Kier alpha value is -1.67. The monoisotopic (exact) mass is 315 g/mol. The van der Waals surface area contributed by atoms with Crippen molar-refractivity contribution in [2.75, 3.05) is 51.8 Å². The molecule has 1 aliphatic rings. The van der Waals surface area contributed by atoms with Crippen LogP contribution in [0.15, 0.2) is 0 Å². The van der Waals surface area contributed by atoms with Crippen LogP contribution in [0.25, 0.3) is 0 Å². The van der Waals surface area contributed by atoms with Crippen molar-refractivity contribution in [1.29, 1.82) is 0 Å². The summed E-state index contributed by atoms with van der Waals surface area (Å²) in [4.78, 5) is 27.5. The fraction of sp³-hybridized carbons (Fsp3) is 0.667. The number of piperazine rings is 1. The lowest BCUT2D eigenvalue weighted by atomic mass is 10.3. The van der Waals surface area contributed by atoms with Crippen LogP contribution in [0, 0.1) is 0 Å². The summed E-state index contributed by atoms with van der Waals surface area (Å²) in [7, 11) is 2.89. The highest BCUT2D eigenvalue weighted by Gasteiger charge is 2.20. The normalized spacial score (nSPS) is 15.9. The van der Waals surface area contributed by atoms with Crippen molar-refractivity contribution in [2.45, 2.75) is 6.42 Å². The van der Waals surface area contributed by atoms with Crippen LogP contribution in [-0.4, -0.2) is 72.8 Å². The number of rotatable bonds is 5. The predicted molar refractivity (Wildman–Crippen MR) is 76.7 cm³/mol. The van der Waals surface area contributed by atoms with Crippen molar-refractivity contribution in [3.05, 3.63) is 5.28 Å². The number of methoxy groups -OCH3 is 2. The first kappa shape index (κ1) is 15.7. The molecule has 0 saturated carbocycles. The van der Waals surface area contributed by atoms with Crippen LogP contribution < -0.4 is 9.64 Å². The minimum atomic E-state index is -0.189. The fourth-order valence-electron chi connectivity index (χ4n) is 2.08. The van der Waals surface area contributed by atoms with E-state index in [-0.39, 0.29) is 17.3 Å². The molecule has 0 bridgehead atoms. The highest BCUT2D eigenvalue weighted by atomic mass is 35.5. The number of halogens is 1. The van der Waals surface area contributed by atoms with Gasteiger partial charge in [0.15, 0.2) is 0 Å². The van der Waals surface area contributed by atoms with Crippen molar-refractivity contribution >= 4 is 23.5 Å². The molecular weight excluding hydrogens is 298 g/mol. The molecule has 1 aliphatic heterocycles. The number of carbonyl (C=O) groups is 1. The van der Waals surface area contributed by atoms with Gasteiger partial charge in [0.1, 0.15) is 0 Å². The van der Waals surface area contributed by atoms with Gasteiger partial charge in [0.2, 0.25) is 11.2 Å². The van der Waals surface area contributed by atoms with E-state index in [1.165, 1.54) is 14.2 Å². The highest BCUT2D eigenvalue weighted by molar-refractivity contribution is 6.28. The van der Waals surface area contributed by atoms with E-state index >= 15 is 0 Å². The SMILES string of the molecule is COC(=O)CCN1CCN(c2nc(Cl)nc(OC)n2)CC1. The minimum Gasteiger partial charge on any atom is -0.469 e. The molecule has 1 aromatic heterocycles. The molecule has 21 heavy (non-hydrogen) atoms. The first-order chi connectivity index (χ1) is 10.1. The van der Waals surface area contributed by atoms with Gasteiger partial charge in [-0.1, -0.05) is 0 Å². The lowest BCUT2D eigenvalue weighted by molar-refractivity contribution is -0.141. The molecule has 0 radical (unpaired) electrons. The maximum atomic E-state index is 11.1. The number of ether oxygens (including phenoxy) is 2. The van der Waals surface area contributed by atoms with Gasteiger partial charge in [-0.25, -0.2) is 0 Å². The molecule has 2 rings (SSSR count). The third kappa shape index (κ3) is 4.40. The van der Waals surface area contributed by atoms with Crippen molar-refractivity contribution in [3.63, 3.8) is 0 Å². The van der Waals surface area contributed by atoms with Crippen LogP contribution >= 0.6 is 11.6 Å². The summed E-state index contributed by atoms with van der Waals surface area (Å²) in [6, 6.07) is 0.207. The summed E-state index contributed by atoms with van der Waals surface area (Å²) < 4.78 is 9.63. The van der Waals surface area contributed by atoms with Crippen LogP contribution in [0.5, 0.6) is 6.01 Å². The molecule has 0 amide bonds. The van der Waals surface area contributed by atoms with Crippen molar-refractivity contribution in [1.82, 2.24) is 19.9 Å². The zero-order valence-electron chi connectivity index (χ0n) is 12.1. The summed E-state index contributed by atoms with van der Waals surface area (Å²) in [6.45, 7) is 3.85. The summed E-state index contributed by atoms with van der Waals surface area (Å²) in [5, 5.41) is 0.116. The van der Waals surface area contributed by atoms with Crippen molar-refractivity contribution in [2.24, 2.45) is 0 Å². The third-order valence-electron chi connectivity index (χ3n) is 3.27. The molecule has 8 nitrogen and oxygen atoms in total. The Morgan fingerprint density at radius 2 is 1.90 bits per heavy atom. The number of hydrogen-bond donors (Lipinski definition) is 0. The molecule has 9 heteroatoms. The molecule has 0 spiro atoms. The second-order valence-corrected chi connectivity index (χ2v) is 4.88. The van der Waals surface area contributed by atoms with Crippen LogP contribution in [0.2, 0.25) is 5.28 Å². The second-order valence-electron chi connectivity index (χ2n) is 4.55. The quantitative estimate of drug-likeness (QED) is 0.714. The molecule has 1 aromatic rings. The van der Waals surface area contributed by atoms with Crippen LogP contribution in [0.4, 0.5) is 5.95 Å². The van der Waals surface area contributed by atoms with Gasteiger partial charge in [0.05, 0.1) is 20.6 Å². The minimum absolute atomic E-state index is 0.116. The number of nitrogens with zero attached hydrogens (tertiary/aromatic N) is 5. The number of hydrogen-bond acceptors (Lipinski definition) is 8. The molecular formula is C12H18ClN5O3. The van der Waals surface area contributed by atoms with E-state index < -0.39 is 0 Å². The molecule has 0 atom stereocenters. The Bertz CT molecular complexity index is 494. The van der Waals surface area contributed by atoms with E-state index in [1.54, 1.807) is 0 Å². The molecule has 1 fully saturated rings. The second kappa shape index (κ2) is 7.37. The van der Waals surface area contributed by atoms with Crippen molar-refractivity contribution < 1.29 is 14.3 Å². The van der Waals surface area contributed by atoms with E-state index in [2.05, 4.69) is 24.6 Å². The number of esters is 1. The topological polar surface area (TPSA) is 80.7 Å². The Morgan fingerprint density at radius 3 is 2.52 bits per heavy atom. The van der Waals surface area contributed by atoms with Gasteiger partial charge in [-0.05, 0) is 11.6 Å². The lowest BCUT2D eigenvalue weighted by Crippen LogP contribution is -2.47. The summed E-state index contributed by atoms with van der Waals surface area (Å²) >= 11 is 5.85. The maximum absolute atomic E-state index is 11.1. The van der Waals surface area contributed by atoms with E-state index in [0.29, 0.717) is 18.9 Å². The van der Waals surface area contributed by atoms with E-state index in [1.807, 2.05) is 4.90 Å². The van der Waals surface area contributed by atoms with Gasteiger partial charge in [-0.3, -0.25) is 9.69 Å². The maximum Gasteiger partial charge on any atom is 0.322 e. The fourth-order valence-corrected chi connectivity index (χ4v) is 2.23. The summed E-state index contributed by atoms with van der Waals surface area (Å²) in [5.74, 6) is 0.325. The number of carbonyl (C=O) groups excluding carboxylic acids is 1. The zero-order valence-corrected chi connectivity index (χ0v) is 12.8. The van der Waals surface area contributed by atoms with E-state index in [9.17, 15) is 4.79 Å². The largest absolute Gasteiger partial charge is 0.469 e. The lowest BCUT2D eigenvalue weighted by Gasteiger charge is -2.34. The van der Waals surface area contributed by atoms with Crippen LogP contribution in [0.1, 0.15) is 6.42 Å². The molecule has 0 aliphatic carbocycles. The van der Waals surface area contributed by atoms with Gasteiger partial charge in [-0.15, -0.1) is 0 Å². The molecule has 2 heterocycles. The van der Waals surface area contributed by atoms with Crippen LogP contribution in [-0.2, 0) is 9.53 Å². The Morgan fingerprint density at radius 1 is 1.19 bits per heavy atom. The molecule has 0 N–H and O–H groups in total.